The van der Waals surface area contributed by atoms with Gasteiger partial charge in [-0.2, -0.15) is 0 Å². The third-order valence-corrected chi connectivity index (χ3v) is 5.87. The van der Waals surface area contributed by atoms with Crippen molar-refractivity contribution in [2.75, 3.05) is 40.4 Å². The van der Waals surface area contributed by atoms with E-state index in [4.69, 9.17) is 21.1 Å². The molecule has 0 spiro atoms. The number of ketones is 1. The first-order valence-electron chi connectivity index (χ1n) is 11.4. The van der Waals surface area contributed by atoms with Gasteiger partial charge in [0.05, 0.1) is 29.9 Å². The molecule has 2 aromatic carbocycles. The Bertz CT molecular complexity index is 1070. The molecular formula is C26H31ClN2O5. The zero-order chi connectivity index (χ0) is 24.8. The van der Waals surface area contributed by atoms with Gasteiger partial charge in [-0.3, -0.25) is 9.59 Å². The van der Waals surface area contributed by atoms with Crippen LogP contribution in [0, 0.1) is 0 Å². The molecule has 1 saturated heterocycles. The summed E-state index contributed by atoms with van der Waals surface area (Å²) in [4.78, 5) is 29.8. The molecular weight excluding hydrogens is 456 g/mol. The highest BCUT2D eigenvalue weighted by Crippen LogP contribution is 2.40. The molecule has 0 bridgehead atoms. The zero-order valence-corrected chi connectivity index (χ0v) is 20.8. The summed E-state index contributed by atoms with van der Waals surface area (Å²) in [6.07, 6.45) is 0.684. The number of benzene rings is 2. The first-order valence-corrected chi connectivity index (χ1v) is 11.7. The number of carbonyl (C=O) groups is 2. The van der Waals surface area contributed by atoms with Crippen molar-refractivity contribution in [1.82, 2.24) is 9.80 Å². The van der Waals surface area contributed by atoms with E-state index in [9.17, 15) is 14.7 Å². The lowest BCUT2D eigenvalue weighted by atomic mass is 9.95. The number of hydrogen-bond acceptors (Lipinski definition) is 6. The van der Waals surface area contributed by atoms with Crippen LogP contribution < -0.4 is 9.47 Å². The average Bonchev–Trinajstić information content (AvgIpc) is 3.06. The fourth-order valence-corrected chi connectivity index (χ4v) is 4.17. The van der Waals surface area contributed by atoms with Crippen molar-refractivity contribution < 1.29 is 24.2 Å². The number of hydrogen-bond donors (Lipinski definition) is 1. The molecule has 0 aliphatic carbocycles. The summed E-state index contributed by atoms with van der Waals surface area (Å²) in [5.74, 6) is -0.516. The Balaban J connectivity index is 2.09. The average molecular weight is 487 g/mol. The highest BCUT2D eigenvalue weighted by Gasteiger charge is 2.45. The normalized spacial score (nSPS) is 17.5. The van der Waals surface area contributed by atoms with Crippen molar-refractivity contribution >= 4 is 29.1 Å². The van der Waals surface area contributed by atoms with Crippen LogP contribution in [0.5, 0.6) is 11.5 Å². The van der Waals surface area contributed by atoms with E-state index in [0.29, 0.717) is 53.8 Å². The van der Waals surface area contributed by atoms with Gasteiger partial charge in [-0.25, -0.2) is 0 Å². The number of rotatable bonds is 10. The van der Waals surface area contributed by atoms with Crippen molar-refractivity contribution in [1.29, 1.82) is 0 Å². The lowest BCUT2D eigenvalue weighted by Crippen LogP contribution is -2.32. The first kappa shape index (κ1) is 25.6. The third-order valence-electron chi connectivity index (χ3n) is 5.56. The Morgan fingerprint density at radius 1 is 1.06 bits per heavy atom. The summed E-state index contributed by atoms with van der Waals surface area (Å²) in [6.45, 7) is 5.79. The highest BCUT2D eigenvalue weighted by molar-refractivity contribution is 6.46. The number of halogens is 1. The number of aliphatic hydroxyl groups excluding tert-OH is 1. The first-order chi connectivity index (χ1) is 16.3. The number of ether oxygens (including phenoxy) is 2. The standard InChI is InChI=1S/C26H31ClN2O5/c1-5-33-19-11-8-17(9-12-19)23-22(25(31)26(32)29(23)15-7-14-28(3)4)24(30)18-10-13-20(27)21(16-18)34-6-2/h8-13,16,23,30H,5-7,14-15H2,1-4H3/b24-22-. The van der Waals surface area contributed by atoms with Crippen LogP contribution in [-0.4, -0.2) is 67.0 Å². The van der Waals surface area contributed by atoms with Crippen LogP contribution >= 0.6 is 11.6 Å². The number of aliphatic hydroxyl groups is 1. The minimum Gasteiger partial charge on any atom is -0.507 e. The van der Waals surface area contributed by atoms with Gasteiger partial charge in [-0.15, -0.1) is 0 Å². The monoisotopic (exact) mass is 486 g/mol. The van der Waals surface area contributed by atoms with E-state index < -0.39 is 17.7 Å². The molecule has 182 valence electrons. The fraction of sp³-hybridized carbons (Fsp3) is 0.385. The third kappa shape index (κ3) is 5.54. The molecule has 1 fully saturated rings. The molecule has 2 aromatic rings. The Morgan fingerprint density at radius 2 is 1.74 bits per heavy atom. The summed E-state index contributed by atoms with van der Waals surface area (Å²) in [5, 5.41) is 11.6. The van der Waals surface area contributed by atoms with Crippen molar-refractivity contribution in [3.63, 3.8) is 0 Å². The molecule has 1 aliphatic rings. The van der Waals surface area contributed by atoms with Gasteiger partial charge in [0.2, 0.25) is 0 Å². The molecule has 7 nitrogen and oxygen atoms in total. The van der Waals surface area contributed by atoms with Gasteiger partial charge >= 0.3 is 0 Å². The molecule has 1 N–H and O–H groups in total. The van der Waals surface area contributed by atoms with Gasteiger partial charge in [-0.05, 0) is 76.8 Å². The second-order valence-corrected chi connectivity index (χ2v) is 8.64. The van der Waals surface area contributed by atoms with E-state index in [1.165, 1.54) is 4.90 Å². The Kier molecular flexibility index (Phi) is 8.58. The number of amides is 1. The van der Waals surface area contributed by atoms with Crippen LogP contribution in [0.4, 0.5) is 0 Å². The van der Waals surface area contributed by atoms with E-state index in [1.54, 1.807) is 30.3 Å². The molecule has 1 heterocycles. The maximum atomic E-state index is 13.2. The zero-order valence-electron chi connectivity index (χ0n) is 20.0. The summed E-state index contributed by atoms with van der Waals surface area (Å²) in [5.41, 5.74) is 1.12. The molecule has 1 aliphatic heterocycles. The van der Waals surface area contributed by atoms with E-state index >= 15 is 0 Å². The molecule has 34 heavy (non-hydrogen) atoms. The van der Waals surface area contributed by atoms with E-state index in [2.05, 4.69) is 0 Å². The predicted molar refractivity (Wildman–Crippen MR) is 132 cm³/mol. The second kappa shape index (κ2) is 11.4. The van der Waals surface area contributed by atoms with Crippen LogP contribution in [0.15, 0.2) is 48.0 Å². The maximum absolute atomic E-state index is 13.2. The minimum absolute atomic E-state index is 0.0452. The fourth-order valence-electron chi connectivity index (χ4n) is 4.00. The Labute approximate surface area is 205 Å². The molecule has 1 atom stereocenters. The topological polar surface area (TPSA) is 79.3 Å². The van der Waals surface area contributed by atoms with Crippen molar-refractivity contribution in [2.45, 2.75) is 26.3 Å². The van der Waals surface area contributed by atoms with E-state index in [-0.39, 0.29) is 11.3 Å². The van der Waals surface area contributed by atoms with Crippen molar-refractivity contribution in [2.24, 2.45) is 0 Å². The van der Waals surface area contributed by atoms with Gasteiger partial charge in [0.1, 0.15) is 17.3 Å². The number of likely N-dealkylation sites (tertiary alicyclic amines) is 1. The Hall–Kier alpha value is -3.03. The number of nitrogens with zero attached hydrogens (tertiary/aromatic N) is 2. The van der Waals surface area contributed by atoms with Gasteiger partial charge < -0.3 is 24.4 Å². The molecule has 1 amide bonds. The quantitative estimate of drug-likeness (QED) is 0.302. The molecule has 8 heteroatoms. The van der Waals surface area contributed by atoms with Gasteiger partial charge in [0.15, 0.2) is 0 Å². The van der Waals surface area contributed by atoms with Crippen LogP contribution in [0.25, 0.3) is 5.76 Å². The van der Waals surface area contributed by atoms with Gasteiger partial charge in [0, 0.05) is 12.1 Å². The van der Waals surface area contributed by atoms with E-state index in [0.717, 1.165) is 6.54 Å². The maximum Gasteiger partial charge on any atom is 0.295 e. The van der Waals surface area contributed by atoms with E-state index in [1.807, 2.05) is 45.0 Å². The lowest BCUT2D eigenvalue weighted by Gasteiger charge is -2.26. The van der Waals surface area contributed by atoms with Crippen molar-refractivity contribution in [3.05, 3.63) is 64.2 Å². The molecule has 1 unspecified atom stereocenters. The number of Topliss-reactive ketones (excluding diaryl/α,β-unsaturated/α-hetero) is 1. The summed E-state index contributed by atoms with van der Waals surface area (Å²) in [7, 11) is 3.91. The van der Waals surface area contributed by atoms with Crippen LogP contribution in [0.3, 0.4) is 0 Å². The molecule has 3 rings (SSSR count). The predicted octanol–water partition coefficient (Wildman–Crippen LogP) is 4.51. The lowest BCUT2D eigenvalue weighted by molar-refractivity contribution is -0.139. The second-order valence-electron chi connectivity index (χ2n) is 8.23. The highest BCUT2D eigenvalue weighted by atomic mass is 35.5. The largest absolute Gasteiger partial charge is 0.507 e. The molecule has 0 saturated carbocycles. The van der Waals surface area contributed by atoms with Crippen LogP contribution in [-0.2, 0) is 9.59 Å². The molecule has 0 radical (unpaired) electrons. The number of carbonyl (C=O) groups excluding carboxylic acids is 2. The van der Waals surface area contributed by atoms with Gasteiger partial charge in [-0.1, -0.05) is 23.7 Å². The molecule has 0 aromatic heterocycles. The minimum atomic E-state index is -0.718. The SMILES string of the molecule is CCOc1ccc(C2/C(=C(/O)c3ccc(Cl)c(OCC)c3)C(=O)C(=O)N2CCCN(C)C)cc1. The summed E-state index contributed by atoms with van der Waals surface area (Å²) in [6, 6.07) is 11.3. The summed E-state index contributed by atoms with van der Waals surface area (Å²) < 4.78 is 11.1. The van der Waals surface area contributed by atoms with Crippen LogP contribution in [0.2, 0.25) is 5.02 Å². The van der Waals surface area contributed by atoms with Crippen molar-refractivity contribution in [3.8, 4) is 11.5 Å². The van der Waals surface area contributed by atoms with Crippen LogP contribution in [0.1, 0.15) is 37.4 Å². The summed E-state index contributed by atoms with van der Waals surface area (Å²) >= 11 is 6.19. The van der Waals surface area contributed by atoms with Gasteiger partial charge in [0.25, 0.3) is 11.7 Å². The smallest absolute Gasteiger partial charge is 0.295 e. The Morgan fingerprint density at radius 3 is 2.35 bits per heavy atom.